The lowest BCUT2D eigenvalue weighted by molar-refractivity contribution is -0.121. The Kier molecular flexibility index (Phi) is 5.42. The Labute approximate surface area is 165 Å². The molecular weight excluding hydrogens is 352 g/mol. The van der Waals surface area contributed by atoms with Crippen molar-refractivity contribution in [3.8, 4) is 0 Å². The van der Waals surface area contributed by atoms with Crippen LogP contribution in [-0.4, -0.2) is 35.7 Å². The number of amides is 3. The van der Waals surface area contributed by atoms with E-state index in [4.69, 9.17) is 0 Å². The normalized spacial score (nSPS) is 17.2. The average molecular weight is 378 g/mol. The van der Waals surface area contributed by atoms with Crippen LogP contribution in [-0.2, 0) is 4.79 Å². The topological polar surface area (TPSA) is 66.5 Å². The third-order valence-electron chi connectivity index (χ3n) is 5.95. The first-order chi connectivity index (χ1) is 13.6. The molecule has 4 rings (SSSR count). The number of rotatable bonds is 6. The molecule has 5 nitrogen and oxygen atoms in total. The molecule has 1 saturated carbocycles. The standard InChI is InChI=1S/C23H26N2O3/c26-20(24-15-16-7-2-1-3-8-16)13-6-14-25-22(27)18-11-4-9-17-10-5-12-19(21(17)18)23(25)28/h4-5,9-12,16H,1-3,6-8,13-15H2,(H,24,26). The summed E-state index contributed by atoms with van der Waals surface area (Å²) in [6.45, 7) is 1.01. The molecule has 28 heavy (non-hydrogen) atoms. The van der Waals surface area contributed by atoms with E-state index in [1.165, 1.54) is 37.0 Å². The molecular formula is C23H26N2O3. The maximum absolute atomic E-state index is 12.8. The van der Waals surface area contributed by atoms with Gasteiger partial charge in [-0.25, -0.2) is 0 Å². The quantitative estimate of drug-likeness (QED) is 0.775. The van der Waals surface area contributed by atoms with E-state index >= 15 is 0 Å². The summed E-state index contributed by atoms with van der Waals surface area (Å²) in [6, 6.07) is 11.0. The van der Waals surface area contributed by atoms with Crippen molar-refractivity contribution in [3.63, 3.8) is 0 Å². The van der Waals surface area contributed by atoms with Gasteiger partial charge in [-0.1, -0.05) is 43.5 Å². The fourth-order valence-electron chi connectivity index (χ4n) is 4.42. The molecule has 0 saturated heterocycles. The number of imide groups is 1. The van der Waals surface area contributed by atoms with Gasteiger partial charge in [-0.2, -0.15) is 0 Å². The van der Waals surface area contributed by atoms with E-state index < -0.39 is 0 Å². The van der Waals surface area contributed by atoms with Gasteiger partial charge >= 0.3 is 0 Å². The maximum atomic E-state index is 12.8. The van der Waals surface area contributed by atoms with Crippen LogP contribution in [0.1, 0.15) is 65.7 Å². The van der Waals surface area contributed by atoms with Gasteiger partial charge in [-0.15, -0.1) is 0 Å². The molecule has 1 fully saturated rings. The molecule has 1 aliphatic carbocycles. The van der Waals surface area contributed by atoms with Crippen LogP contribution >= 0.6 is 0 Å². The van der Waals surface area contributed by atoms with Crippen LogP contribution in [0.5, 0.6) is 0 Å². The molecule has 1 heterocycles. The number of nitrogens with zero attached hydrogens (tertiary/aromatic N) is 1. The van der Waals surface area contributed by atoms with Crippen LogP contribution in [0.2, 0.25) is 0 Å². The van der Waals surface area contributed by atoms with Crippen molar-refractivity contribution in [1.82, 2.24) is 10.2 Å². The Bertz CT molecular complexity index is 864. The van der Waals surface area contributed by atoms with Gasteiger partial charge in [0.2, 0.25) is 5.91 Å². The van der Waals surface area contributed by atoms with E-state index in [0.717, 1.165) is 17.3 Å². The van der Waals surface area contributed by atoms with Crippen molar-refractivity contribution in [2.75, 3.05) is 13.1 Å². The zero-order valence-corrected chi connectivity index (χ0v) is 16.1. The zero-order chi connectivity index (χ0) is 19.5. The van der Waals surface area contributed by atoms with Crippen LogP contribution in [0.4, 0.5) is 0 Å². The number of carbonyl (C=O) groups excluding carboxylic acids is 3. The van der Waals surface area contributed by atoms with Crippen LogP contribution in [0.15, 0.2) is 36.4 Å². The summed E-state index contributed by atoms with van der Waals surface area (Å²) in [5.74, 6) is 0.0683. The van der Waals surface area contributed by atoms with Gasteiger partial charge in [-0.3, -0.25) is 19.3 Å². The molecule has 3 amide bonds. The fraction of sp³-hybridized carbons (Fsp3) is 0.435. The van der Waals surface area contributed by atoms with Crippen molar-refractivity contribution in [1.29, 1.82) is 0 Å². The van der Waals surface area contributed by atoms with Gasteiger partial charge < -0.3 is 5.32 Å². The van der Waals surface area contributed by atoms with E-state index in [9.17, 15) is 14.4 Å². The largest absolute Gasteiger partial charge is 0.356 e. The average Bonchev–Trinajstić information content (AvgIpc) is 2.73. The van der Waals surface area contributed by atoms with Crippen LogP contribution in [0.3, 0.4) is 0 Å². The second kappa shape index (κ2) is 8.13. The van der Waals surface area contributed by atoms with E-state index in [1.807, 2.05) is 24.3 Å². The minimum Gasteiger partial charge on any atom is -0.356 e. The summed E-state index contributed by atoms with van der Waals surface area (Å²) in [5.41, 5.74) is 1.13. The molecule has 2 aromatic rings. The Morgan fingerprint density at radius 2 is 1.61 bits per heavy atom. The molecule has 2 aromatic carbocycles. The van der Waals surface area contributed by atoms with Crippen LogP contribution < -0.4 is 5.32 Å². The van der Waals surface area contributed by atoms with Gasteiger partial charge in [-0.05, 0) is 42.7 Å². The molecule has 0 bridgehead atoms. The summed E-state index contributed by atoms with van der Waals surface area (Å²) in [5, 5.41) is 4.66. The minimum absolute atomic E-state index is 0.00461. The first kappa shape index (κ1) is 18.7. The number of hydrogen-bond acceptors (Lipinski definition) is 3. The van der Waals surface area contributed by atoms with Crippen LogP contribution in [0, 0.1) is 5.92 Å². The highest BCUT2D eigenvalue weighted by Crippen LogP contribution is 2.30. The molecule has 0 radical (unpaired) electrons. The lowest BCUT2D eigenvalue weighted by Crippen LogP contribution is -2.41. The molecule has 2 aliphatic rings. The smallest absolute Gasteiger partial charge is 0.261 e. The molecule has 0 spiro atoms. The summed E-state index contributed by atoms with van der Waals surface area (Å²) in [7, 11) is 0. The van der Waals surface area contributed by atoms with E-state index in [1.54, 1.807) is 12.1 Å². The lowest BCUT2D eigenvalue weighted by atomic mass is 9.89. The summed E-state index contributed by atoms with van der Waals surface area (Å²) in [4.78, 5) is 39.1. The second-order valence-corrected chi connectivity index (χ2v) is 7.88. The predicted molar refractivity (Wildman–Crippen MR) is 108 cm³/mol. The number of nitrogens with one attached hydrogen (secondary N) is 1. The van der Waals surface area contributed by atoms with Gasteiger partial charge in [0, 0.05) is 36.0 Å². The summed E-state index contributed by atoms with van der Waals surface area (Å²) >= 11 is 0. The highest BCUT2D eigenvalue weighted by molar-refractivity contribution is 6.25. The number of carbonyl (C=O) groups is 3. The maximum Gasteiger partial charge on any atom is 0.261 e. The fourth-order valence-corrected chi connectivity index (χ4v) is 4.42. The van der Waals surface area contributed by atoms with Gasteiger partial charge in [0.05, 0.1) is 0 Å². The molecule has 0 unspecified atom stereocenters. The molecule has 5 heteroatoms. The Hall–Kier alpha value is -2.69. The highest BCUT2D eigenvalue weighted by Gasteiger charge is 2.32. The molecule has 0 aromatic heterocycles. The summed E-state index contributed by atoms with van der Waals surface area (Å²) in [6.07, 6.45) is 7.02. The van der Waals surface area contributed by atoms with Gasteiger partial charge in [0.15, 0.2) is 0 Å². The van der Waals surface area contributed by atoms with E-state index in [2.05, 4.69) is 5.32 Å². The molecule has 1 aliphatic heterocycles. The monoisotopic (exact) mass is 378 g/mol. The Morgan fingerprint density at radius 3 is 2.25 bits per heavy atom. The van der Waals surface area contributed by atoms with Crippen LogP contribution in [0.25, 0.3) is 10.8 Å². The Morgan fingerprint density at radius 1 is 0.964 bits per heavy atom. The second-order valence-electron chi connectivity index (χ2n) is 7.88. The van der Waals surface area contributed by atoms with Crippen molar-refractivity contribution < 1.29 is 14.4 Å². The first-order valence-corrected chi connectivity index (χ1v) is 10.3. The Balaban J connectivity index is 1.35. The third kappa shape index (κ3) is 3.66. The number of hydrogen-bond donors (Lipinski definition) is 1. The van der Waals surface area contributed by atoms with Crippen molar-refractivity contribution >= 4 is 28.5 Å². The third-order valence-corrected chi connectivity index (χ3v) is 5.95. The van der Waals surface area contributed by atoms with Gasteiger partial charge in [0.1, 0.15) is 0 Å². The zero-order valence-electron chi connectivity index (χ0n) is 16.1. The molecule has 0 atom stereocenters. The molecule has 1 N–H and O–H groups in total. The SMILES string of the molecule is O=C(CCCN1C(=O)c2cccc3cccc(c23)C1=O)NCC1CCCCC1. The summed E-state index contributed by atoms with van der Waals surface area (Å²) < 4.78 is 0. The van der Waals surface area contributed by atoms with Crippen molar-refractivity contribution in [3.05, 3.63) is 47.5 Å². The number of benzene rings is 2. The van der Waals surface area contributed by atoms with E-state index in [0.29, 0.717) is 29.9 Å². The van der Waals surface area contributed by atoms with Gasteiger partial charge in [0.25, 0.3) is 11.8 Å². The first-order valence-electron chi connectivity index (χ1n) is 10.3. The minimum atomic E-state index is -0.267. The van der Waals surface area contributed by atoms with Crippen molar-refractivity contribution in [2.45, 2.75) is 44.9 Å². The van der Waals surface area contributed by atoms with E-state index in [-0.39, 0.29) is 24.3 Å². The predicted octanol–water partition coefficient (Wildman–Crippen LogP) is 3.91. The van der Waals surface area contributed by atoms with Crippen molar-refractivity contribution in [2.24, 2.45) is 5.92 Å². The molecule has 146 valence electrons. The highest BCUT2D eigenvalue weighted by atomic mass is 16.2. The lowest BCUT2D eigenvalue weighted by Gasteiger charge is -2.27.